The van der Waals surface area contributed by atoms with E-state index in [1.54, 1.807) is 24.7 Å². The third-order valence-corrected chi connectivity index (χ3v) is 3.64. The Morgan fingerprint density at radius 3 is 2.54 bits per heavy atom. The third kappa shape index (κ3) is 3.95. The quantitative estimate of drug-likeness (QED) is 0.753. The summed E-state index contributed by atoms with van der Waals surface area (Å²) in [6.07, 6.45) is 5.18. The van der Waals surface area contributed by atoms with E-state index in [0.29, 0.717) is 12.2 Å². The van der Waals surface area contributed by atoms with Crippen LogP contribution in [0.1, 0.15) is 21.6 Å². The van der Waals surface area contributed by atoms with Gasteiger partial charge < -0.3 is 10.6 Å². The van der Waals surface area contributed by atoms with Crippen LogP contribution in [-0.2, 0) is 6.54 Å². The van der Waals surface area contributed by atoms with Crippen molar-refractivity contribution >= 4 is 17.3 Å². The molecule has 0 fully saturated rings. The molecule has 5 nitrogen and oxygen atoms in total. The number of para-hydroxylation sites is 1. The van der Waals surface area contributed by atoms with Crippen molar-refractivity contribution < 1.29 is 4.79 Å². The van der Waals surface area contributed by atoms with Crippen LogP contribution in [0.2, 0.25) is 0 Å². The Kier molecular flexibility index (Phi) is 4.81. The van der Waals surface area contributed by atoms with Gasteiger partial charge in [-0.15, -0.1) is 0 Å². The molecule has 0 bridgehead atoms. The molecule has 0 aliphatic rings. The zero-order valence-corrected chi connectivity index (χ0v) is 13.4. The van der Waals surface area contributed by atoms with E-state index in [0.717, 1.165) is 22.5 Å². The van der Waals surface area contributed by atoms with E-state index in [2.05, 4.69) is 20.6 Å². The summed E-state index contributed by atoms with van der Waals surface area (Å²) in [5.74, 6) is -0.218. The van der Waals surface area contributed by atoms with Gasteiger partial charge in [-0.1, -0.05) is 18.2 Å². The zero-order chi connectivity index (χ0) is 16.8. The van der Waals surface area contributed by atoms with E-state index in [1.807, 2.05) is 49.4 Å². The van der Waals surface area contributed by atoms with Crippen molar-refractivity contribution in [1.82, 2.24) is 9.97 Å². The summed E-state index contributed by atoms with van der Waals surface area (Å²) in [7, 11) is 0. The highest BCUT2D eigenvalue weighted by molar-refractivity contribution is 6.03. The molecule has 1 aromatic carbocycles. The van der Waals surface area contributed by atoms with Crippen LogP contribution in [0.3, 0.4) is 0 Å². The molecule has 0 radical (unpaired) electrons. The van der Waals surface area contributed by atoms with Crippen molar-refractivity contribution in [2.24, 2.45) is 0 Å². The maximum Gasteiger partial charge on any atom is 0.274 e. The lowest BCUT2D eigenvalue weighted by molar-refractivity contribution is 0.102. The number of hydrogen-bond acceptors (Lipinski definition) is 4. The first-order valence-electron chi connectivity index (χ1n) is 7.68. The fourth-order valence-electron chi connectivity index (χ4n) is 2.24. The zero-order valence-electron chi connectivity index (χ0n) is 13.4. The molecule has 2 aromatic heterocycles. The summed E-state index contributed by atoms with van der Waals surface area (Å²) in [6, 6.07) is 15.1. The summed E-state index contributed by atoms with van der Waals surface area (Å²) < 4.78 is 0. The third-order valence-electron chi connectivity index (χ3n) is 3.64. The van der Waals surface area contributed by atoms with E-state index < -0.39 is 0 Å². The first-order valence-corrected chi connectivity index (χ1v) is 7.68. The molecule has 0 spiro atoms. The molecule has 1 amide bonds. The number of aromatic nitrogens is 2. The predicted molar refractivity (Wildman–Crippen MR) is 94.9 cm³/mol. The van der Waals surface area contributed by atoms with Crippen molar-refractivity contribution in [2.45, 2.75) is 13.5 Å². The Morgan fingerprint density at radius 1 is 1.04 bits per heavy atom. The number of amides is 1. The molecule has 0 aliphatic carbocycles. The van der Waals surface area contributed by atoms with Gasteiger partial charge in [0.15, 0.2) is 0 Å². The molecular formula is C19H18N4O. The lowest BCUT2D eigenvalue weighted by atomic mass is 10.2. The number of benzene rings is 1. The van der Waals surface area contributed by atoms with Crippen molar-refractivity contribution in [3.05, 3.63) is 83.9 Å². The fourth-order valence-corrected chi connectivity index (χ4v) is 2.24. The minimum atomic E-state index is -0.218. The molecule has 2 heterocycles. The van der Waals surface area contributed by atoms with Crippen LogP contribution in [0.25, 0.3) is 0 Å². The molecule has 5 heteroatoms. The van der Waals surface area contributed by atoms with E-state index >= 15 is 0 Å². The summed E-state index contributed by atoms with van der Waals surface area (Å²) >= 11 is 0. The van der Waals surface area contributed by atoms with Crippen molar-refractivity contribution in [1.29, 1.82) is 0 Å². The molecule has 0 saturated heterocycles. The topological polar surface area (TPSA) is 66.9 Å². The minimum absolute atomic E-state index is 0.218. The standard InChI is InChI=1S/C19H18N4O/c1-14-4-2-3-5-17(14)23-19(24)18-7-6-16(13-22-18)21-12-15-8-10-20-11-9-15/h2-11,13,21H,12H2,1H3,(H,23,24). The number of hydrogen-bond donors (Lipinski definition) is 2. The fraction of sp³-hybridized carbons (Fsp3) is 0.105. The van der Waals surface area contributed by atoms with Gasteiger partial charge in [0.05, 0.1) is 11.9 Å². The van der Waals surface area contributed by atoms with Crippen LogP contribution in [-0.4, -0.2) is 15.9 Å². The summed E-state index contributed by atoms with van der Waals surface area (Å²) in [6.45, 7) is 2.63. The number of carbonyl (C=O) groups excluding carboxylic acids is 1. The maximum atomic E-state index is 12.3. The van der Waals surface area contributed by atoms with E-state index in [1.165, 1.54) is 0 Å². The van der Waals surface area contributed by atoms with E-state index in [-0.39, 0.29) is 5.91 Å². The molecule has 0 saturated carbocycles. The number of rotatable bonds is 5. The molecular weight excluding hydrogens is 300 g/mol. The molecule has 24 heavy (non-hydrogen) atoms. The van der Waals surface area contributed by atoms with Gasteiger partial charge in [-0.05, 0) is 48.4 Å². The Labute approximate surface area is 140 Å². The normalized spacial score (nSPS) is 10.2. The average molecular weight is 318 g/mol. The van der Waals surface area contributed by atoms with Gasteiger partial charge in [0, 0.05) is 24.6 Å². The van der Waals surface area contributed by atoms with Crippen molar-refractivity contribution in [3.63, 3.8) is 0 Å². The largest absolute Gasteiger partial charge is 0.380 e. The van der Waals surface area contributed by atoms with Gasteiger partial charge >= 0.3 is 0 Å². The van der Waals surface area contributed by atoms with Crippen LogP contribution >= 0.6 is 0 Å². The summed E-state index contributed by atoms with van der Waals surface area (Å²) in [5, 5.41) is 6.14. The minimum Gasteiger partial charge on any atom is -0.380 e. The second-order valence-corrected chi connectivity index (χ2v) is 5.41. The van der Waals surface area contributed by atoms with Gasteiger partial charge in [0.2, 0.25) is 0 Å². The Bertz CT molecular complexity index is 816. The van der Waals surface area contributed by atoms with Crippen LogP contribution in [0, 0.1) is 6.92 Å². The van der Waals surface area contributed by atoms with Gasteiger partial charge in [-0.3, -0.25) is 9.78 Å². The number of pyridine rings is 2. The summed E-state index contributed by atoms with van der Waals surface area (Å²) in [5.41, 5.74) is 4.18. The van der Waals surface area contributed by atoms with Gasteiger partial charge in [0.25, 0.3) is 5.91 Å². The SMILES string of the molecule is Cc1ccccc1NC(=O)c1ccc(NCc2ccncc2)cn1. The molecule has 120 valence electrons. The van der Waals surface area contributed by atoms with Crippen molar-refractivity contribution in [3.8, 4) is 0 Å². The number of aryl methyl sites for hydroxylation is 1. The van der Waals surface area contributed by atoms with Crippen LogP contribution < -0.4 is 10.6 Å². The highest BCUT2D eigenvalue weighted by atomic mass is 16.1. The number of anilines is 2. The van der Waals surface area contributed by atoms with Crippen molar-refractivity contribution in [2.75, 3.05) is 10.6 Å². The van der Waals surface area contributed by atoms with Gasteiger partial charge in [-0.2, -0.15) is 0 Å². The van der Waals surface area contributed by atoms with E-state index in [9.17, 15) is 4.79 Å². The average Bonchev–Trinajstić information content (AvgIpc) is 2.63. The van der Waals surface area contributed by atoms with Crippen LogP contribution in [0.4, 0.5) is 11.4 Å². The molecule has 3 aromatic rings. The molecule has 0 atom stereocenters. The highest BCUT2D eigenvalue weighted by Crippen LogP contribution is 2.15. The number of carbonyl (C=O) groups is 1. The highest BCUT2D eigenvalue weighted by Gasteiger charge is 2.08. The Balaban J connectivity index is 1.61. The second kappa shape index (κ2) is 7.37. The smallest absolute Gasteiger partial charge is 0.274 e. The molecule has 2 N–H and O–H groups in total. The predicted octanol–water partition coefficient (Wildman–Crippen LogP) is 3.65. The van der Waals surface area contributed by atoms with E-state index in [4.69, 9.17) is 0 Å². The van der Waals surface area contributed by atoms with Crippen LogP contribution in [0.5, 0.6) is 0 Å². The molecule has 0 aliphatic heterocycles. The lowest BCUT2D eigenvalue weighted by Gasteiger charge is -2.09. The Morgan fingerprint density at radius 2 is 1.83 bits per heavy atom. The van der Waals surface area contributed by atoms with Crippen LogP contribution in [0.15, 0.2) is 67.1 Å². The summed E-state index contributed by atoms with van der Waals surface area (Å²) in [4.78, 5) is 20.5. The molecule has 3 rings (SSSR count). The number of nitrogens with one attached hydrogen (secondary N) is 2. The van der Waals surface area contributed by atoms with Gasteiger partial charge in [-0.25, -0.2) is 4.98 Å². The Hall–Kier alpha value is -3.21. The maximum absolute atomic E-state index is 12.3. The molecule has 0 unspecified atom stereocenters. The lowest BCUT2D eigenvalue weighted by Crippen LogP contribution is -2.14. The second-order valence-electron chi connectivity index (χ2n) is 5.41. The monoisotopic (exact) mass is 318 g/mol. The first-order chi connectivity index (χ1) is 11.7. The van der Waals surface area contributed by atoms with Gasteiger partial charge in [0.1, 0.15) is 5.69 Å². The number of nitrogens with zero attached hydrogens (tertiary/aromatic N) is 2. The first kappa shape index (κ1) is 15.7.